The molecule has 2 N–H and O–H groups in total. The minimum absolute atomic E-state index is 0.1000. The highest BCUT2D eigenvalue weighted by Gasteiger charge is 2.23. The van der Waals surface area contributed by atoms with Gasteiger partial charge in [0.2, 0.25) is 10.0 Å². The quantitative estimate of drug-likeness (QED) is 0.323. The highest BCUT2D eigenvalue weighted by atomic mass is 79.9. The summed E-state index contributed by atoms with van der Waals surface area (Å²) in [4.78, 5) is 4.56. The number of para-hydroxylation sites is 1. The molecule has 1 aliphatic rings. The van der Waals surface area contributed by atoms with Crippen molar-refractivity contribution in [2.45, 2.75) is 23.5 Å². The number of hydrogen-bond acceptors (Lipinski definition) is 7. The van der Waals surface area contributed by atoms with Gasteiger partial charge in [0.25, 0.3) is 0 Å². The Labute approximate surface area is 239 Å². The number of nitrogens with zero attached hydrogens (tertiary/aromatic N) is 3. The van der Waals surface area contributed by atoms with E-state index < -0.39 is 22.2 Å². The Kier molecular flexibility index (Phi) is 10.5. The van der Waals surface area contributed by atoms with Crippen LogP contribution in [0.3, 0.4) is 0 Å². The SMILES string of the molecule is N#Cc1ccccc1N1CCN(C[C@@H](O)COC[C@H](Cc2ccccc2)NS(=O)(=O)c2ccc(Br)cc2)CC1. The first kappa shape index (κ1) is 29.2. The number of nitrogens with one attached hydrogen (secondary N) is 1. The van der Waals surface area contributed by atoms with E-state index in [9.17, 15) is 18.8 Å². The maximum Gasteiger partial charge on any atom is 0.240 e. The third kappa shape index (κ3) is 8.60. The Morgan fingerprint density at radius 2 is 1.62 bits per heavy atom. The van der Waals surface area contributed by atoms with Crippen molar-refractivity contribution >= 4 is 31.6 Å². The molecule has 0 aromatic heterocycles. The number of sulfonamides is 1. The first-order valence-corrected chi connectivity index (χ1v) is 15.2. The molecule has 3 aromatic rings. The van der Waals surface area contributed by atoms with Gasteiger partial charge in [-0.3, -0.25) is 4.90 Å². The number of halogens is 1. The molecule has 1 aliphatic heterocycles. The summed E-state index contributed by atoms with van der Waals surface area (Å²) in [7, 11) is -3.75. The summed E-state index contributed by atoms with van der Waals surface area (Å²) >= 11 is 3.33. The van der Waals surface area contributed by atoms with E-state index in [1.807, 2.05) is 54.6 Å². The molecule has 206 valence electrons. The zero-order valence-corrected chi connectivity index (χ0v) is 24.0. The minimum Gasteiger partial charge on any atom is -0.389 e. The number of benzene rings is 3. The predicted molar refractivity (Wildman–Crippen MR) is 155 cm³/mol. The Hall–Kier alpha value is -2.78. The number of ether oxygens (including phenoxy) is 1. The molecule has 0 unspecified atom stereocenters. The topological polar surface area (TPSA) is 106 Å². The number of aliphatic hydroxyl groups excluding tert-OH is 1. The van der Waals surface area contributed by atoms with Crippen molar-refractivity contribution in [1.82, 2.24) is 9.62 Å². The van der Waals surface area contributed by atoms with Crippen molar-refractivity contribution in [2.75, 3.05) is 50.8 Å². The van der Waals surface area contributed by atoms with Crippen LogP contribution < -0.4 is 9.62 Å². The summed E-state index contributed by atoms with van der Waals surface area (Å²) in [6.45, 7) is 3.75. The lowest BCUT2D eigenvalue weighted by Crippen LogP contribution is -2.49. The van der Waals surface area contributed by atoms with Crippen LogP contribution in [0.2, 0.25) is 0 Å². The smallest absolute Gasteiger partial charge is 0.240 e. The van der Waals surface area contributed by atoms with E-state index in [1.165, 1.54) is 0 Å². The second kappa shape index (κ2) is 14.0. The molecular formula is C29H33BrN4O4S. The van der Waals surface area contributed by atoms with E-state index in [1.54, 1.807) is 24.3 Å². The Morgan fingerprint density at radius 3 is 2.31 bits per heavy atom. The van der Waals surface area contributed by atoms with Crippen LogP contribution in [0.4, 0.5) is 5.69 Å². The van der Waals surface area contributed by atoms with Crippen molar-refractivity contribution in [3.05, 3.63) is 94.5 Å². The summed E-state index contributed by atoms with van der Waals surface area (Å²) in [5.41, 5.74) is 2.60. The summed E-state index contributed by atoms with van der Waals surface area (Å²) < 4.78 is 35.4. The molecule has 0 bridgehead atoms. The molecule has 3 aromatic carbocycles. The fourth-order valence-electron chi connectivity index (χ4n) is 4.65. The van der Waals surface area contributed by atoms with Crippen LogP contribution in [0.5, 0.6) is 0 Å². The Bertz CT molecular complexity index is 1340. The average Bonchev–Trinajstić information content (AvgIpc) is 2.94. The standard InChI is InChI=1S/C29H33BrN4O4S/c30-25-10-12-28(13-11-25)39(36,37)32-26(18-23-6-2-1-3-7-23)21-38-22-27(35)20-33-14-16-34(17-15-33)29-9-5-4-8-24(29)19-31/h1-13,26-27,32,35H,14-18,20-22H2/t26-,27+/m0/s1. The summed E-state index contributed by atoms with van der Waals surface area (Å²) in [6.07, 6.45) is -0.248. The third-order valence-corrected chi connectivity index (χ3v) is 8.67. The molecule has 0 radical (unpaired) electrons. The number of piperazine rings is 1. The number of rotatable bonds is 12. The highest BCUT2D eigenvalue weighted by Crippen LogP contribution is 2.21. The van der Waals surface area contributed by atoms with Gasteiger partial charge in [0, 0.05) is 43.2 Å². The molecule has 0 aliphatic carbocycles. The molecule has 1 saturated heterocycles. The zero-order valence-electron chi connectivity index (χ0n) is 21.6. The van der Waals surface area contributed by atoms with Crippen molar-refractivity contribution < 1.29 is 18.3 Å². The van der Waals surface area contributed by atoms with Crippen molar-refractivity contribution in [1.29, 1.82) is 5.26 Å². The molecule has 10 heteroatoms. The van der Waals surface area contributed by atoms with Gasteiger partial charge in [-0.15, -0.1) is 0 Å². The van der Waals surface area contributed by atoms with Gasteiger partial charge in [0.1, 0.15) is 6.07 Å². The van der Waals surface area contributed by atoms with Crippen molar-refractivity contribution in [3.8, 4) is 6.07 Å². The molecule has 1 fully saturated rings. The van der Waals surface area contributed by atoms with E-state index in [0.29, 0.717) is 18.5 Å². The fourth-order valence-corrected chi connectivity index (χ4v) is 6.13. The molecule has 0 saturated carbocycles. The van der Waals surface area contributed by atoms with Gasteiger partial charge in [-0.2, -0.15) is 5.26 Å². The minimum atomic E-state index is -3.75. The number of hydrogen-bond donors (Lipinski definition) is 2. The van der Waals surface area contributed by atoms with Crippen LogP contribution >= 0.6 is 15.9 Å². The second-order valence-corrected chi connectivity index (χ2v) is 12.2. The normalized spacial score (nSPS) is 16.0. The van der Waals surface area contributed by atoms with Crippen LogP contribution in [0.15, 0.2) is 88.2 Å². The lowest BCUT2D eigenvalue weighted by atomic mass is 10.1. The Morgan fingerprint density at radius 1 is 0.949 bits per heavy atom. The summed E-state index contributed by atoms with van der Waals surface area (Å²) in [5.74, 6) is 0. The van der Waals surface area contributed by atoms with Crippen LogP contribution in [0, 0.1) is 11.3 Å². The molecular weight excluding hydrogens is 580 g/mol. The summed E-state index contributed by atoms with van der Waals surface area (Å²) in [5, 5.41) is 20.0. The molecule has 0 spiro atoms. The average molecular weight is 614 g/mol. The van der Waals surface area contributed by atoms with Gasteiger partial charge < -0.3 is 14.7 Å². The van der Waals surface area contributed by atoms with Gasteiger partial charge in [0.15, 0.2) is 0 Å². The summed E-state index contributed by atoms with van der Waals surface area (Å²) in [6, 6.07) is 25.5. The molecule has 8 nitrogen and oxygen atoms in total. The zero-order chi connectivity index (χ0) is 27.7. The van der Waals surface area contributed by atoms with Crippen LogP contribution in [-0.2, 0) is 21.2 Å². The van der Waals surface area contributed by atoms with Crippen molar-refractivity contribution in [3.63, 3.8) is 0 Å². The first-order chi connectivity index (χ1) is 18.8. The van der Waals surface area contributed by atoms with Crippen molar-refractivity contribution in [2.24, 2.45) is 0 Å². The lowest BCUT2D eigenvalue weighted by Gasteiger charge is -2.37. The van der Waals surface area contributed by atoms with E-state index in [-0.39, 0.29) is 18.1 Å². The molecule has 4 rings (SSSR count). The molecule has 39 heavy (non-hydrogen) atoms. The molecule has 1 heterocycles. The van der Waals surface area contributed by atoms with E-state index in [2.05, 4.69) is 36.5 Å². The maximum absolute atomic E-state index is 13.0. The van der Waals surface area contributed by atoms with E-state index in [4.69, 9.17) is 4.74 Å². The number of anilines is 1. The highest BCUT2D eigenvalue weighted by molar-refractivity contribution is 9.10. The third-order valence-electron chi connectivity index (χ3n) is 6.61. The second-order valence-electron chi connectivity index (χ2n) is 9.57. The molecule has 2 atom stereocenters. The van der Waals surface area contributed by atoms with Crippen LogP contribution in [-0.4, -0.2) is 76.5 Å². The van der Waals surface area contributed by atoms with Gasteiger partial charge in [0.05, 0.1) is 35.5 Å². The van der Waals surface area contributed by atoms with Crippen LogP contribution in [0.25, 0.3) is 0 Å². The van der Waals surface area contributed by atoms with Gasteiger partial charge in [-0.25, -0.2) is 13.1 Å². The Balaban J connectivity index is 1.28. The largest absolute Gasteiger partial charge is 0.389 e. The van der Waals surface area contributed by atoms with Crippen LogP contribution in [0.1, 0.15) is 11.1 Å². The number of β-amino-alcohol motifs (C(OH)–C–C–N with tert-alkyl or cyclic N) is 1. The first-order valence-electron chi connectivity index (χ1n) is 12.9. The monoisotopic (exact) mass is 612 g/mol. The van der Waals surface area contributed by atoms with Gasteiger partial charge in [-0.1, -0.05) is 58.4 Å². The maximum atomic E-state index is 13.0. The van der Waals surface area contributed by atoms with Gasteiger partial charge in [-0.05, 0) is 48.4 Å². The molecule has 0 amide bonds. The number of nitriles is 1. The lowest BCUT2D eigenvalue weighted by molar-refractivity contribution is 0.0105. The fraction of sp³-hybridized carbons (Fsp3) is 0.345. The number of aliphatic hydroxyl groups is 1. The van der Waals surface area contributed by atoms with Gasteiger partial charge >= 0.3 is 0 Å². The van der Waals surface area contributed by atoms with E-state index in [0.717, 1.165) is 41.9 Å². The van der Waals surface area contributed by atoms with E-state index >= 15 is 0 Å². The predicted octanol–water partition coefficient (Wildman–Crippen LogP) is 3.41.